The monoisotopic (exact) mass is 222 g/mol. The summed E-state index contributed by atoms with van der Waals surface area (Å²) in [7, 11) is 3.09. The molecule has 0 aliphatic heterocycles. The third kappa shape index (κ3) is 2.89. The van der Waals surface area contributed by atoms with Crippen molar-refractivity contribution in [1.82, 2.24) is 5.32 Å². The topological polar surface area (TPSA) is 47.6 Å². The van der Waals surface area contributed by atoms with Crippen molar-refractivity contribution in [3.63, 3.8) is 0 Å². The summed E-state index contributed by atoms with van der Waals surface area (Å²) >= 11 is 0. The van der Waals surface area contributed by atoms with E-state index in [2.05, 4.69) is 12.2 Å². The fourth-order valence-electron chi connectivity index (χ4n) is 1.28. The molecular weight excluding hydrogens is 206 g/mol. The summed E-state index contributed by atoms with van der Waals surface area (Å²) in [5.74, 6) is 1.02. The second kappa shape index (κ2) is 6.00. The van der Waals surface area contributed by atoms with Gasteiger partial charge >= 0.3 is 0 Å². The molecule has 1 amide bonds. The van der Waals surface area contributed by atoms with E-state index in [0.717, 1.165) is 0 Å². The van der Waals surface area contributed by atoms with Crippen molar-refractivity contribution in [2.45, 2.75) is 6.42 Å². The molecule has 1 aromatic carbocycles. The van der Waals surface area contributed by atoms with Gasteiger partial charge in [-0.3, -0.25) is 4.79 Å². The minimum atomic E-state index is -0.135. The molecule has 16 heavy (non-hydrogen) atoms. The van der Waals surface area contributed by atoms with Gasteiger partial charge in [0.2, 0.25) is 0 Å². The van der Waals surface area contributed by atoms with Crippen LogP contribution in [0.4, 0.5) is 0 Å². The zero-order valence-electron chi connectivity index (χ0n) is 9.58. The zero-order valence-corrected chi connectivity index (χ0v) is 9.58. The van der Waals surface area contributed by atoms with Gasteiger partial charge in [0.1, 0.15) is 0 Å². The molecule has 0 bridgehead atoms. The van der Waals surface area contributed by atoms with Crippen LogP contribution in [0.1, 0.15) is 16.8 Å². The Morgan fingerprint density at radius 3 is 2.56 bits per heavy atom. The summed E-state index contributed by atoms with van der Waals surface area (Å²) in [6, 6.07) is 5.05. The Morgan fingerprint density at radius 1 is 1.31 bits per heavy atom. The van der Waals surface area contributed by atoms with E-state index in [0.29, 0.717) is 30.0 Å². The average Bonchev–Trinajstić information content (AvgIpc) is 2.34. The van der Waals surface area contributed by atoms with Gasteiger partial charge in [0.25, 0.3) is 5.91 Å². The van der Waals surface area contributed by atoms with Gasteiger partial charge in [0.05, 0.1) is 14.2 Å². The number of ether oxygens (including phenoxy) is 2. The third-order valence-electron chi connectivity index (χ3n) is 2.11. The normalized spacial score (nSPS) is 9.69. The fourth-order valence-corrected chi connectivity index (χ4v) is 1.28. The number of rotatable bonds is 5. The molecule has 4 heteroatoms. The molecule has 1 aromatic rings. The molecule has 0 aliphatic rings. The van der Waals surface area contributed by atoms with Crippen LogP contribution in [0, 0.1) is 6.92 Å². The van der Waals surface area contributed by atoms with E-state index in [1.165, 1.54) is 7.11 Å². The molecule has 1 N–H and O–H groups in total. The Balaban J connectivity index is 2.85. The zero-order chi connectivity index (χ0) is 12.0. The first kappa shape index (κ1) is 12.4. The van der Waals surface area contributed by atoms with Crippen LogP contribution in [0.5, 0.6) is 11.5 Å². The van der Waals surface area contributed by atoms with Crippen molar-refractivity contribution in [3.05, 3.63) is 30.7 Å². The first-order valence-electron chi connectivity index (χ1n) is 5.02. The van der Waals surface area contributed by atoms with Crippen LogP contribution in [-0.4, -0.2) is 26.7 Å². The number of carbonyl (C=O) groups is 1. The minimum Gasteiger partial charge on any atom is -0.493 e. The van der Waals surface area contributed by atoms with Crippen LogP contribution < -0.4 is 14.8 Å². The largest absolute Gasteiger partial charge is 0.493 e. The summed E-state index contributed by atoms with van der Waals surface area (Å²) in [4.78, 5) is 11.6. The molecule has 0 aliphatic carbocycles. The lowest BCUT2D eigenvalue weighted by Gasteiger charge is -2.09. The predicted octanol–water partition coefficient (Wildman–Crippen LogP) is 1.66. The van der Waals surface area contributed by atoms with Crippen LogP contribution in [0.25, 0.3) is 0 Å². The summed E-state index contributed by atoms with van der Waals surface area (Å²) < 4.78 is 10.2. The van der Waals surface area contributed by atoms with E-state index in [9.17, 15) is 4.79 Å². The smallest absolute Gasteiger partial charge is 0.251 e. The maximum Gasteiger partial charge on any atom is 0.251 e. The van der Waals surface area contributed by atoms with Crippen molar-refractivity contribution in [2.75, 3.05) is 20.8 Å². The van der Waals surface area contributed by atoms with Crippen LogP contribution >= 0.6 is 0 Å². The Kier molecular flexibility index (Phi) is 4.64. The van der Waals surface area contributed by atoms with Gasteiger partial charge in [-0.25, -0.2) is 0 Å². The van der Waals surface area contributed by atoms with Gasteiger partial charge in [0.15, 0.2) is 11.5 Å². The summed E-state index contributed by atoms with van der Waals surface area (Å²) in [6.45, 7) is 4.22. The van der Waals surface area contributed by atoms with Gasteiger partial charge in [0, 0.05) is 12.1 Å². The molecule has 0 atom stereocenters. The van der Waals surface area contributed by atoms with Crippen LogP contribution in [-0.2, 0) is 0 Å². The molecule has 0 spiro atoms. The molecule has 4 nitrogen and oxygen atoms in total. The number of methoxy groups -OCH3 is 2. The number of benzene rings is 1. The van der Waals surface area contributed by atoms with Gasteiger partial charge in [-0.1, -0.05) is 6.92 Å². The fraction of sp³-hybridized carbons (Fsp3) is 0.333. The lowest BCUT2D eigenvalue weighted by molar-refractivity contribution is 0.0954. The first-order valence-corrected chi connectivity index (χ1v) is 5.02. The predicted molar refractivity (Wildman–Crippen MR) is 61.9 cm³/mol. The Labute approximate surface area is 95.6 Å². The van der Waals surface area contributed by atoms with E-state index >= 15 is 0 Å². The quantitative estimate of drug-likeness (QED) is 0.824. The summed E-state index contributed by atoms with van der Waals surface area (Å²) in [5.41, 5.74) is 0.547. The molecule has 0 aromatic heterocycles. The van der Waals surface area contributed by atoms with Crippen LogP contribution in [0.15, 0.2) is 18.2 Å². The van der Waals surface area contributed by atoms with E-state index in [-0.39, 0.29) is 5.91 Å². The SMILES string of the molecule is [CH2]CCNC(=O)c1ccc(OC)c(OC)c1. The lowest BCUT2D eigenvalue weighted by Crippen LogP contribution is -2.23. The number of hydrogen-bond acceptors (Lipinski definition) is 3. The van der Waals surface area contributed by atoms with Crippen molar-refractivity contribution in [1.29, 1.82) is 0 Å². The number of hydrogen-bond donors (Lipinski definition) is 1. The van der Waals surface area contributed by atoms with Crippen molar-refractivity contribution in [2.24, 2.45) is 0 Å². The maximum absolute atomic E-state index is 11.6. The second-order valence-electron chi connectivity index (χ2n) is 3.18. The Bertz CT molecular complexity index is 363. The minimum absolute atomic E-state index is 0.135. The molecule has 0 saturated carbocycles. The second-order valence-corrected chi connectivity index (χ2v) is 3.18. The van der Waals surface area contributed by atoms with Crippen molar-refractivity contribution < 1.29 is 14.3 Å². The number of carbonyl (C=O) groups excluding carboxylic acids is 1. The lowest BCUT2D eigenvalue weighted by atomic mass is 10.2. The molecule has 0 fully saturated rings. The number of amides is 1. The Morgan fingerprint density at radius 2 is 2.00 bits per heavy atom. The molecule has 1 radical (unpaired) electrons. The summed E-state index contributed by atoms with van der Waals surface area (Å²) in [6.07, 6.45) is 0.666. The van der Waals surface area contributed by atoms with Crippen molar-refractivity contribution in [3.8, 4) is 11.5 Å². The molecular formula is C12H16NO3. The molecule has 87 valence electrons. The third-order valence-corrected chi connectivity index (χ3v) is 2.11. The van der Waals surface area contributed by atoms with Gasteiger partial charge in [-0.2, -0.15) is 0 Å². The molecule has 0 saturated heterocycles. The highest BCUT2D eigenvalue weighted by Crippen LogP contribution is 2.27. The van der Waals surface area contributed by atoms with Gasteiger partial charge in [-0.05, 0) is 24.6 Å². The standard InChI is InChI=1S/C12H16NO3/c1-4-7-13-12(14)9-5-6-10(15-2)11(8-9)16-3/h5-6,8H,1,4,7H2,2-3H3,(H,13,14). The molecule has 0 unspecified atom stereocenters. The van der Waals surface area contributed by atoms with E-state index in [1.54, 1.807) is 25.3 Å². The molecule has 1 rings (SSSR count). The van der Waals surface area contributed by atoms with E-state index < -0.39 is 0 Å². The van der Waals surface area contributed by atoms with E-state index in [1.807, 2.05) is 0 Å². The first-order chi connectivity index (χ1) is 7.72. The highest BCUT2D eigenvalue weighted by Gasteiger charge is 2.09. The van der Waals surface area contributed by atoms with Gasteiger partial charge < -0.3 is 14.8 Å². The molecule has 0 heterocycles. The highest BCUT2D eigenvalue weighted by molar-refractivity contribution is 5.94. The van der Waals surface area contributed by atoms with E-state index in [4.69, 9.17) is 9.47 Å². The van der Waals surface area contributed by atoms with Gasteiger partial charge in [-0.15, -0.1) is 0 Å². The van der Waals surface area contributed by atoms with Crippen molar-refractivity contribution >= 4 is 5.91 Å². The Hall–Kier alpha value is -1.71. The maximum atomic E-state index is 11.6. The average molecular weight is 222 g/mol. The number of nitrogens with one attached hydrogen (secondary N) is 1. The van der Waals surface area contributed by atoms with Crippen LogP contribution in [0.3, 0.4) is 0 Å². The highest BCUT2D eigenvalue weighted by atomic mass is 16.5. The summed E-state index contributed by atoms with van der Waals surface area (Å²) in [5, 5.41) is 2.74. The van der Waals surface area contributed by atoms with Crippen LogP contribution in [0.2, 0.25) is 0 Å².